The largest absolute Gasteiger partial charge is 0.357 e. The molecule has 0 bridgehead atoms. The molecule has 0 fully saturated rings. The Morgan fingerprint density at radius 2 is 1.12 bits per heavy atom. The van der Waals surface area contributed by atoms with Gasteiger partial charge in [0.05, 0.1) is 11.7 Å². The fraction of sp³-hybridized carbons (Fsp3) is 0.100. The predicted octanol–water partition coefficient (Wildman–Crippen LogP) is 16.0. The Balaban J connectivity index is 0.00000511. The van der Waals surface area contributed by atoms with Gasteiger partial charge in [-0.1, -0.05) is 158 Å². The average molecular weight is 1030 g/mol. The molecule has 8 aromatic carbocycles. The minimum atomic E-state index is 0. The summed E-state index contributed by atoms with van der Waals surface area (Å²) in [6.45, 7) is 8.97. The van der Waals surface area contributed by atoms with Crippen LogP contribution in [0, 0.1) is 12.1 Å². The monoisotopic (exact) mass is 1030 g/mol. The Kier molecular flexibility index (Phi) is 11.6. The van der Waals surface area contributed by atoms with Gasteiger partial charge in [-0.3, -0.25) is 0 Å². The Labute approximate surface area is 401 Å². The standard InChI is InChI=1S/C60H48N5.Pt/c1-41(2)49-25-11-12-26-50(49)45-35-36-61-59(37-45)65-55-30-14-13-27-53(55)54-34-33-48(39-58(54)65)64(47-24-17-23-46(38-47)63-40-62(42(3)4)56-31-15-16-32-57(56)63)60-51(43-19-7-5-8-20-43)28-18-29-52(60)44-21-9-6-10-22-44;/h5-37,40-42H,1-4H3;/q-1;. The maximum absolute atomic E-state index is 5.08. The zero-order valence-electron chi connectivity index (χ0n) is 37.3. The number of aromatic nitrogens is 4. The molecular formula is C60H48N5Pt-. The second-order valence-corrected chi connectivity index (χ2v) is 17.3. The van der Waals surface area contributed by atoms with E-state index in [9.17, 15) is 0 Å². The van der Waals surface area contributed by atoms with Gasteiger partial charge in [0.25, 0.3) is 0 Å². The van der Waals surface area contributed by atoms with E-state index in [0.29, 0.717) is 5.92 Å². The van der Waals surface area contributed by atoms with E-state index in [4.69, 9.17) is 4.98 Å². The second kappa shape index (κ2) is 17.9. The molecule has 11 aromatic rings. The minimum absolute atomic E-state index is 0. The molecule has 324 valence electrons. The van der Waals surface area contributed by atoms with E-state index in [1.165, 1.54) is 16.6 Å². The van der Waals surface area contributed by atoms with Crippen LogP contribution in [0.4, 0.5) is 17.1 Å². The van der Waals surface area contributed by atoms with Crippen molar-refractivity contribution in [3.05, 3.63) is 224 Å². The summed E-state index contributed by atoms with van der Waals surface area (Å²) in [7, 11) is 0. The van der Waals surface area contributed by atoms with E-state index >= 15 is 0 Å². The van der Waals surface area contributed by atoms with E-state index in [2.05, 4.69) is 259 Å². The number of benzene rings is 8. The van der Waals surface area contributed by atoms with Gasteiger partial charge in [0.1, 0.15) is 5.82 Å². The Morgan fingerprint density at radius 3 is 1.83 bits per heavy atom. The number of pyridine rings is 1. The zero-order chi connectivity index (χ0) is 44.0. The summed E-state index contributed by atoms with van der Waals surface area (Å²) in [6.07, 6.45) is 4.15. The van der Waals surface area contributed by atoms with Crippen LogP contribution in [-0.4, -0.2) is 18.7 Å². The third-order valence-electron chi connectivity index (χ3n) is 12.6. The topological polar surface area (TPSA) is 30.9 Å². The van der Waals surface area contributed by atoms with Crippen molar-refractivity contribution in [1.29, 1.82) is 0 Å². The average Bonchev–Trinajstić information content (AvgIpc) is 3.91. The predicted molar refractivity (Wildman–Crippen MR) is 271 cm³/mol. The molecule has 0 aliphatic carbocycles. The number of para-hydroxylation sites is 4. The normalized spacial score (nSPS) is 11.5. The number of fused-ring (bicyclic) bond motifs is 4. The van der Waals surface area contributed by atoms with E-state index in [1.807, 2.05) is 6.20 Å². The first kappa shape index (κ1) is 42.6. The molecule has 0 atom stereocenters. The molecule has 0 radical (unpaired) electrons. The zero-order valence-corrected chi connectivity index (χ0v) is 39.6. The van der Waals surface area contributed by atoms with Crippen LogP contribution in [0.25, 0.3) is 77.7 Å². The number of hydrogen-bond acceptors (Lipinski definition) is 2. The number of rotatable bonds is 10. The second-order valence-electron chi connectivity index (χ2n) is 17.3. The van der Waals surface area contributed by atoms with Gasteiger partial charge in [-0.25, -0.2) is 14.1 Å². The van der Waals surface area contributed by atoms with Gasteiger partial charge in [-0.2, -0.15) is 12.1 Å². The molecular weight excluding hydrogens is 986 g/mol. The summed E-state index contributed by atoms with van der Waals surface area (Å²) < 4.78 is 6.88. The van der Waals surface area contributed by atoms with Gasteiger partial charge >= 0.3 is 0 Å². The Hall–Kier alpha value is -7.33. The first-order valence-corrected chi connectivity index (χ1v) is 22.5. The molecule has 3 aromatic heterocycles. The van der Waals surface area contributed by atoms with Crippen molar-refractivity contribution in [2.75, 3.05) is 4.90 Å². The fourth-order valence-electron chi connectivity index (χ4n) is 9.53. The summed E-state index contributed by atoms with van der Waals surface area (Å²) in [6, 6.07) is 77.6. The van der Waals surface area contributed by atoms with Crippen LogP contribution in [0.2, 0.25) is 0 Å². The van der Waals surface area contributed by atoms with Gasteiger partial charge in [0.15, 0.2) is 17.4 Å². The summed E-state index contributed by atoms with van der Waals surface area (Å²) in [5.41, 5.74) is 16.2. The first-order chi connectivity index (χ1) is 31.9. The molecule has 0 amide bonds. The number of nitrogens with zero attached hydrogens (tertiary/aromatic N) is 5. The summed E-state index contributed by atoms with van der Waals surface area (Å²) >= 11 is 0. The van der Waals surface area contributed by atoms with Crippen molar-refractivity contribution in [3.63, 3.8) is 0 Å². The van der Waals surface area contributed by atoms with Gasteiger partial charge in [-0.15, -0.1) is 29.7 Å². The molecule has 66 heavy (non-hydrogen) atoms. The third kappa shape index (κ3) is 7.53. The van der Waals surface area contributed by atoms with Crippen molar-refractivity contribution in [2.24, 2.45) is 0 Å². The van der Waals surface area contributed by atoms with Crippen LogP contribution in [0.15, 0.2) is 207 Å². The van der Waals surface area contributed by atoms with Crippen LogP contribution in [0.5, 0.6) is 0 Å². The molecule has 0 aliphatic rings. The van der Waals surface area contributed by atoms with Gasteiger partial charge in [0.2, 0.25) is 0 Å². The van der Waals surface area contributed by atoms with E-state index in [-0.39, 0.29) is 27.1 Å². The van der Waals surface area contributed by atoms with Crippen molar-refractivity contribution < 1.29 is 21.1 Å². The van der Waals surface area contributed by atoms with Crippen LogP contribution >= 0.6 is 0 Å². The molecule has 11 rings (SSSR count). The Bertz CT molecular complexity index is 3450. The van der Waals surface area contributed by atoms with Crippen molar-refractivity contribution in [3.8, 4) is 44.9 Å². The smallest absolute Gasteiger partial charge is 0.188 e. The molecule has 0 spiro atoms. The van der Waals surface area contributed by atoms with Gasteiger partial charge in [0, 0.05) is 61.7 Å². The summed E-state index contributed by atoms with van der Waals surface area (Å²) in [4.78, 5) is 7.44. The SMILES string of the molecule is CC(C)c1ccccc1-c1ccnc(-n2c3[c-]c(N(c4[c-]c(-n5[cH+]n(C(C)C)c6ccccc65)ccc4)c4c(-c5ccccc5)cccc4-c4ccccc4)ccc3c3ccccc32)c1.[Pt]. The number of hydrogen-bond donors (Lipinski definition) is 0. The van der Waals surface area contributed by atoms with Crippen LogP contribution in [-0.2, 0) is 21.1 Å². The molecule has 0 saturated carbocycles. The summed E-state index contributed by atoms with van der Waals surface area (Å²) in [5.74, 6) is 1.22. The van der Waals surface area contributed by atoms with Crippen LogP contribution in [0.1, 0.15) is 45.2 Å². The molecule has 6 heteroatoms. The fourth-order valence-corrected chi connectivity index (χ4v) is 9.53. The molecule has 0 aliphatic heterocycles. The van der Waals surface area contributed by atoms with Crippen molar-refractivity contribution in [2.45, 2.75) is 39.7 Å². The van der Waals surface area contributed by atoms with E-state index < -0.39 is 0 Å². The molecule has 3 heterocycles. The third-order valence-corrected chi connectivity index (χ3v) is 12.6. The maximum atomic E-state index is 5.08. The number of anilines is 3. The first-order valence-electron chi connectivity index (χ1n) is 22.5. The van der Waals surface area contributed by atoms with Crippen molar-refractivity contribution >= 4 is 49.9 Å². The molecule has 0 unspecified atom stereocenters. The number of imidazole rings is 1. The minimum Gasteiger partial charge on any atom is -0.357 e. The van der Waals surface area contributed by atoms with Crippen LogP contribution in [0.3, 0.4) is 0 Å². The van der Waals surface area contributed by atoms with Crippen LogP contribution < -0.4 is 4.90 Å². The molecule has 5 nitrogen and oxygen atoms in total. The summed E-state index contributed by atoms with van der Waals surface area (Å²) in [5, 5.41) is 2.25. The Morgan fingerprint density at radius 1 is 0.515 bits per heavy atom. The van der Waals surface area contributed by atoms with E-state index in [0.717, 1.165) is 83.7 Å². The van der Waals surface area contributed by atoms with E-state index in [1.54, 1.807) is 0 Å². The maximum Gasteiger partial charge on any atom is 0.188 e. The van der Waals surface area contributed by atoms with Crippen molar-refractivity contribution in [1.82, 2.24) is 18.7 Å². The van der Waals surface area contributed by atoms with Gasteiger partial charge in [-0.05, 0) is 83.3 Å². The van der Waals surface area contributed by atoms with Gasteiger partial charge < -0.3 is 9.47 Å². The molecule has 0 saturated heterocycles. The molecule has 0 N–H and O–H groups in total. The quantitative estimate of drug-likeness (QED) is 0.128.